The Balaban J connectivity index is 2.26. The van der Waals surface area contributed by atoms with Crippen molar-refractivity contribution in [3.63, 3.8) is 0 Å². The quantitative estimate of drug-likeness (QED) is 0.617. The molecule has 2 heteroatoms. The Hall–Kier alpha value is -1.31. The Kier molecular flexibility index (Phi) is 1.37. The van der Waals surface area contributed by atoms with Crippen LogP contribution in [-0.2, 0) is 12.8 Å². The molecule has 72 valence electrons. The summed E-state index contributed by atoms with van der Waals surface area (Å²) in [6.07, 6.45) is 10.5. The number of hydrogen-bond acceptors (Lipinski definition) is 1. The van der Waals surface area contributed by atoms with Gasteiger partial charge in [0.05, 0.1) is 11.7 Å². The maximum atomic E-state index is 4.19. The number of nitrogens with zero attached hydrogens (tertiary/aromatic N) is 2. The minimum absolute atomic E-state index is 0.440. The van der Waals surface area contributed by atoms with Gasteiger partial charge in [0, 0.05) is 18.6 Å². The molecule has 2 nitrogen and oxygen atoms in total. The van der Waals surface area contributed by atoms with Gasteiger partial charge < -0.3 is 4.40 Å². The smallest absolute Gasteiger partial charge is 0.0669 e. The lowest BCUT2D eigenvalue weighted by molar-refractivity contribution is 0.392. The number of hydrogen-bond donors (Lipinski definition) is 0. The molecule has 1 aliphatic rings. The molecule has 0 spiro atoms. The fraction of sp³-hybridized carbons (Fsp3) is 0.417. The van der Waals surface area contributed by atoms with Crippen molar-refractivity contribution in [3.8, 4) is 0 Å². The summed E-state index contributed by atoms with van der Waals surface area (Å²) in [5, 5.41) is 0. The van der Waals surface area contributed by atoms with Crippen LogP contribution in [0.25, 0.3) is 5.52 Å². The summed E-state index contributed by atoms with van der Waals surface area (Å²) in [6.45, 7) is 4.67. The first-order chi connectivity index (χ1) is 6.66. The molecule has 0 saturated carbocycles. The van der Waals surface area contributed by atoms with Crippen LogP contribution in [-0.4, -0.2) is 9.38 Å². The third-order valence-corrected chi connectivity index (χ3v) is 3.10. The highest BCUT2D eigenvalue weighted by molar-refractivity contribution is 5.60. The zero-order valence-electron chi connectivity index (χ0n) is 8.62. The van der Waals surface area contributed by atoms with Gasteiger partial charge in [-0.25, -0.2) is 0 Å². The Labute approximate surface area is 83.6 Å². The van der Waals surface area contributed by atoms with Gasteiger partial charge in [-0.3, -0.25) is 4.98 Å². The fourth-order valence-electron chi connectivity index (χ4n) is 2.54. The first-order valence-electron chi connectivity index (χ1n) is 5.08. The highest BCUT2D eigenvalue weighted by Crippen LogP contribution is 2.38. The molecule has 0 radical (unpaired) electrons. The molecule has 2 heterocycles. The average molecular weight is 186 g/mol. The van der Waals surface area contributed by atoms with Crippen LogP contribution in [0.5, 0.6) is 0 Å². The van der Waals surface area contributed by atoms with E-state index in [9.17, 15) is 0 Å². The van der Waals surface area contributed by atoms with Gasteiger partial charge in [0.1, 0.15) is 0 Å². The van der Waals surface area contributed by atoms with Gasteiger partial charge in [-0.05, 0) is 29.4 Å². The molecule has 0 saturated heterocycles. The van der Waals surface area contributed by atoms with Crippen molar-refractivity contribution in [1.82, 2.24) is 9.38 Å². The SMILES string of the molecule is CC1(C)Cc2cn3ccncc3c2C1. The van der Waals surface area contributed by atoms with E-state index in [1.807, 2.05) is 18.6 Å². The molecule has 0 bridgehead atoms. The van der Waals surface area contributed by atoms with Gasteiger partial charge in [-0.1, -0.05) is 13.8 Å². The fourth-order valence-corrected chi connectivity index (χ4v) is 2.54. The van der Waals surface area contributed by atoms with Crippen molar-refractivity contribution in [1.29, 1.82) is 0 Å². The van der Waals surface area contributed by atoms with Crippen molar-refractivity contribution >= 4 is 5.52 Å². The van der Waals surface area contributed by atoms with Gasteiger partial charge in [0.2, 0.25) is 0 Å². The number of rotatable bonds is 0. The van der Waals surface area contributed by atoms with E-state index in [1.54, 1.807) is 0 Å². The van der Waals surface area contributed by atoms with E-state index < -0.39 is 0 Å². The van der Waals surface area contributed by atoms with Crippen LogP contribution < -0.4 is 0 Å². The molecule has 1 aliphatic carbocycles. The molecule has 3 rings (SSSR count). The summed E-state index contributed by atoms with van der Waals surface area (Å²) in [5.74, 6) is 0. The highest BCUT2D eigenvalue weighted by Gasteiger charge is 2.30. The molecule has 0 aliphatic heterocycles. The normalized spacial score (nSPS) is 18.7. The van der Waals surface area contributed by atoms with Crippen LogP contribution in [0.15, 0.2) is 24.8 Å². The average Bonchev–Trinajstić information content (AvgIpc) is 2.56. The Morgan fingerprint density at radius 3 is 3.07 bits per heavy atom. The van der Waals surface area contributed by atoms with Crippen LogP contribution in [0.2, 0.25) is 0 Å². The third-order valence-electron chi connectivity index (χ3n) is 3.10. The van der Waals surface area contributed by atoms with E-state index in [1.165, 1.54) is 29.5 Å². The Bertz CT molecular complexity index is 494. The molecule has 0 N–H and O–H groups in total. The molecular formula is C12H14N2. The van der Waals surface area contributed by atoms with Gasteiger partial charge in [-0.15, -0.1) is 0 Å². The van der Waals surface area contributed by atoms with Gasteiger partial charge in [0.25, 0.3) is 0 Å². The second kappa shape index (κ2) is 2.38. The molecule has 0 amide bonds. The summed E-state index contributed by atoms with van der Waals surface area (Å²) in [5.41, 5.74) is 4.73. The van der Waals surface area contributed by atoms with Crippen molar-refractivity contribution in [3.05, 3.63) is 35.9 Å². The van der Waals surface area contributed by atoms with E-state index >= 15 is 0 Å². The lowest BCUT2D eigenvalue weighted by Crippen LogP contribution is -2.10. The summed E-state index contributed by atoms with van der Waals surface area (Å²) in [7, 11) is 0. The molecule has 2 aromatic heterocycles. The van der Waals surface area contributed by atoms with Gasteiger partial charge >= 0.3 is 0 Å². The predicted octanol–water partition coefficient (Wildman–Crippen LogP) is 2.46. The van der Waals surface area contributed by atoms with E-state index in [-0.39, 0.29) is 0 Å². The second-order valence-electron chi connectivity index (χ2n) is 5.02. The second-order valence-corrected chi connectivity index (χ2v) is 5.02. The van der Waals surface area contributed by atoms with Crippen LogP contribution >= 0.6 is 0 Å². The van der Waals surface area contributed by atoms with E-state index in [4.69, 9.17) is 0 Å². The van der Waals surface area contributed by atoms with Crippen LogP contribution in [0, 0.1) is 5.41 Å². The molecule has 2 aromatic rings. The van der Waals surface area contributed by atoms with Crippen LogP contribution in [0.3, 0.4) is 0 Å². The minimum atomic E-state index is 0.440. The standard InChI is InChI=1S/C12H14N2/c1-12(2)5-9-8-14-4-3-13-7-11(14)10(9)6-12/h3-4,7-8H,5-6H2,1-2H3. The third kappa shape index (κ3) is 0.999. The minimum Gasteiger partial charge on any atom is -0.320 e. The highest BCUT2D eigenvalue weighted by atomic mass is 14.9. The topological polar surface area (TPSA) is 17.3 Å². The zero-order chi connectivity index (χ0) is 9.76. The number of fused-ring (bicyclic) bond motifs is 3. The largest absolute Gasteiger partial charge is 0.320 e. The summed E-state index contributed by atoms with van der Waals surface area (Å²) >= 11 is 0. The van der Waals surface area contributed by atoms with Crippen molar-refractivity contribution in [2.45, 2.75) is 26.7 Å². The Morgan fingerprint density at radius 2 is 2.21 bits per heavy atom. The van der Waals surface area contributed by atoms with E-state index in [2.05, 4.69) is 29.4 Å². The maximum Gasteiger partial charge on any atom is 0.0669 e. The first kappa shape index (κ1) is 8.04. The summed E-state index contributed by atoms with van der Waals surface area (Å²) < 4.78 is 2.19. The van der Waals surface area contributed by atoms with E-state index in [0.29, 0.717) is 5.41 Å². The lowest BCUT2D eigenvalue weighted by Gasteiger charge is -2.15. The maximum absolute atomic E-state index is 4.19. The monoisotopic (exact) mass is 186 g/mol. The van der Waals surface area contributed by atoms with Crippen LogP contribution in [0.4, 0.5) is 0 Å². The van der Waals surface area contributed by atoms with Gasteiger partial charge in [-0.2, -0.15) is 0 Å². The summed E-state index contributed by atoms with van der Waals surface area (Å²) in [4.78, 5) is 4.19. The number of aromatic nitrogens is 2. The molecule has 14 heavy (non-hydrogen) atoms. The zero-order valence-corrected chi connectivity index (χ0v) is 8.62. The van der Waals surface area contributed by atoms with E-state index in [0.717, 1.165) is 0 Å². The van der Waals surface area contributed by atoms with Crippen molar-refractivity contribution < 1.29 is 0 Å². The van der Waals surface area contributed by atoms with Crippen molar-refractivity contribution in [2.75, 3.05) is 0 Å². The molecule has 0 aromatic carbocycles. The predicted molar refractivity (Wildman–Crippen MR) is 56.4 cm³/mol. The molecular weight excluding hydrogens is 172 g/mol. The lowest BCUT2D eigenvalue weighted by atomic mass is 9.90. The Morgan fingerprint density at radius 1 is 1.36 bits per heavy atom. The summed E-state index contributed by atoms with van der Waals surface area (Å²) in [6, 6.07) is 0. The van der Waals surface area contributed by atoms with Crippen molar-refractivity contribution in [2.24, 2.45) is 5.41 Å². The first-order valence-corrected chi connectivity index (χ1v) is 5.08. The van der Waals surface area contributed by atoms with Gasteiger partial charge in [0.15, 0.2) is 0 Å². The molecule has 0 fully saturated rings. The molecule has 0 atom stereocenters. The molecule has 0 unspecified atom stereocenters. The van der Waals surface area contributed by atoms with Crippen LogP contribution in [0.1, 0.15) is 25.0 Å².